The smallest absolute Gasteiger partial charge is 0.268 e. The average molecular weight is 230 g/mol. The van der Waals surface area contributed by atoms with Crippen molar-refractivity contribution < 1.29 is 2.74 Å². The van der Waals surface area contributed by atoms with Crippen molar-refractivity contribution in [2.24, 2.45) is 0 Å². The van der Waals surface area contributed by atoms with Crippen LogP contribution >= 0.6 is 0 Å². The van der Waals surface area contributed by atoms with Gasteiger partial charge in [-0.1, -0.05) is 6.04 Å². The molecule has 0 atom stereocenters. The zero-order valence-electron chi connectivity index (χ0n) is 10.8. The van der Waals surface area contributed by atoms with Crippen molar-refractivity contribution in [1.29, 1.82) is 0 Å². The Morgan fingerprint density at radius 2 is 2.41 bits per heavy atom. The van der Waals surface area contributed by atoms with E-state index < -0.39 is 5.56 Å². The minimum atomic E-state index is -0.400. The summed E-state index contributed by atoms with van der Waals surface area (Å²) < 4.78 is 16.6. The van der Waals surface area contributed by atoms with E-state index in [0.717, 1.165) is 0 Å². The van der Waals surface area contributed by atoms with Gasteiger partial charge in [-0.2, -0.15) is 5.21 Å². The molecule has 0 aliphatic rings. The second kappa shape index (κ2) is 3.48. The molecule has 0 aliphatic carbocycles. The van der Waals surface area contributed by atoms with Gasteiger partial charge in [0.15, 0.2) is 0 Å². The molecule has 0 saturated carbocycles. The Kier molecular flexibility index (Phi) is 1.57. The van der Waals surface area contributed by atoms with Gasteiger partial charge in [0.2, 0.25) is 5.82 Å². The first kappa shape index (κ1) is 7.66. The molecule has 0 spiro atoms. The number of aryl methyl sites for hydroxylation is 1. The van der Waals surface area contributed by atoms with Crippen LogP contribution in [-0.4, -0.2) is 30.0 Å². The SMILES string of the molecule is [2H]c1cn2c(=O)c(-c3nn[nH]n3)cnc2c(C)c1[2H]. The van der Waals surface area contributed by atoms with Crippen molar-refractivity contribution in [2.75, 3.05) is 0 Å². The van der Waals surface area contributed by atoms with Gasteiger partial charge in [-0.25, -0.2) is 4.98 Å². The fourth-order valence-corrected chi connectivity index (χ4v) is 1.56. The van der Waals surface area contributed by atoms with E-state index in [1.165, 1.54) is 16.8 Å². The van der Waals surface area contributed by atoms with Crippen molar-refractivity contribution >= 4 is 5.65 Å². The molecule has 84 valence electrons. The Morgan fingerprint density at radius 3 is 3.18 bits per heavy atom. The van der Waals surface area contributed by atoms with E-state index in [1.807, 2.05) is 0 Å². The Bertz CT molecular complexity index is 826. The minimum absolute atomic E-state index is 0.0424. The predicted molar refractivity (Wildman–Crippen MR) is 59.4 cm³/mol. The minimum Gasteiger partial charge on any atom is -0.268 e. The molecular formula is C10H8N6O. The quantitative estimate of drug-likeness (QED) is 0.644. The molecule has 0 aliphatic heterocycles. The van der Waals surface area contributed by atoms with E-state index in [9.17, 15) is 4.79 Å². The number of rotatable bonds is 1. The molecule has 3 aromatic heterocycles. The zero-order valence-corrected chi connectivity index (χ0v) is 8.80. The average Bonchev–Trinajstić information content (AvgIpc) is 2.91. The highest BCUT2D eigenvalue weighted by molar-refractivity contribution is 5.55. The topological polar surface area (TPSA) is 88.8 Å². The normalized spacial score (nSPS) is 12.5. The van der Waals surface area contributed by atoms with Crippen LogP contribution in [0.4, 0.5) is 0 Å². The van der Waals surface area contributed by atoms with Crippen LogP contribution in [0, 0.1) is 6.92 Å². The maximum absolute atomic E-state index is 12.3. The van der Waals surface area contributed by atoms with Crippen LogP contribution < -0.4 is 5.56 Å². The van der Waals surface area contributed by atoms with Gasteiger partial charge in [0, 0.05) is 12.4 Å². The summed E-state index contributed by atoms with van der Waals surface area (Å²) in [4.78, 5) is 16.4. The first-order chi connectivity index (χ1) is 9.09. The van der Waals surface area contributed by atoms with Gasteiger partial charge >= 0.3 is 0 Å². The number of pyridine rings is 1. The molecule has 0 radical (unpaired) electrons. The number of hydrogen-bond donors (Lipinski definition) is 1. The first-order valence-electron chi connectivity index (χ1n) is 5.81. The van der Waals surface area contributed by atoms with E-state index in [-0.39, 0.29) is 23.5 Å². The molecule has 3 rings (SSSR count). The van der Waals surface area contributed by atoms with Gasteiger partial charge in [0.25, 0.3) is 5.56 Å². The molecule has 3 aromatic rings. The molecule has 3 heterocycles. The summed E-state index contributed by atoms with van der Waals surface area (Å²) in [6, 6.07) is 0.0124. The zero-order chi connectivity index (χ0) is 13.6. The highest BCUT2D eigenvalue weighted by Crippen LogP contribution is 2.09. The lowest BCUT2D eigenvalue weighted by atomic mass is 10.2. The van der Waals surface area contributed by atoms with Crippen LogP contribution in [0.2, 0.25) is 0 Å². The Labute approximate surface area is 97.9 Å². The highest BCUT2D eigenvalue weighted by Gasteiger charge is 2.11. The molecule has 0 saturated heterocycles. The monoisotopic (exact) mass is 230 g/mol. The number of aromatic nitrogens is 6. The van der Waals surface area contributed by atoms with Gasteiger partial charge in [0.05, 0.1) is 2.74 Å². The summed E-state index contributed by atoms with van der Waals surface area (Å²) in [5.74, 6) is 0.144. The number of hydrogen-bond acceptors (Lipinski definition) is 5. The number of fused-ring (bicyclic) bond motifs is 1. The van der Waals surface area contributed by atoms with Crippen LogP contribution in [0.15, 0.2) is 29.3 Å². The summed E-state index contributed by atoms with van der Waals surface area (Å²) in [7, 11) is 0. The van der Waals surface area contributed by atoms with Crippen molar-refractivity contribution in [3.63, 3.8) is 0 Å². The fraction of sp³-hybridized carbons (Fsp3) is 0.100. The third kappa shape index (κ3) is 1.40. The molecular weight excluding hydrogens is 220 g/mol. The van der Waals surface area contributed by atoms with Gasteiger partial charge in [-0.05, 0) is 23.7 Å². The molecule has 0 unspecified atom stereocenters. The van der Waals surface area contributed by atoms with Crippen molar-refractivity contribution in [3.8, 4) is 11.4 Å². The lowest BCUT2D eigenvalue weighted by molar-refractivity contribution is 0.881. The number of nitrogens with zero attached hydrogens (tertiary/aromatic N) is 5. The number of tetrazole rings is 1. The van der Waals surface area contributed by atoms with Crippen LogP contribution in [0.5, 0.6) is 0 Å². The largest absolute Gasteiger partial charge is 0.269 e. The standard InChI is InChI=1S/C10H8N6O/c1-6-3-2-4-16-9(6)11-5-7(10(16)17)8-12-14-15-13-8/h2-5H,1H3,(H,12,13,14,15)/i2D,3D. The Morgan fingerprint density at radius 1 is 1.53 bits per heavy atom. The van der Waals surface area contributed by atoms with Gasteiger partial charge < -0.3 is 0 Å². The molecule has 0 bridgehead atoms. The van der Waals surface area contributed by atoms with Crippen LogP contribution in [0.25, 0.3) is 17.0 Å². The van der Waals surface area contributed by atoms with E-state index in [0.29, 0.717) is 11.2 Å². The lowest BCUT2D eigenvalue weighted by Crippen LogP contribution is -2.17. The maximum Gasteiger partial charge on any atom is 0.269 e. The Hall–Kier alpha value is -2.57. The lowest BCUT2D eigenvalue weighted by Gasteiger charge is -2.03. The van der Waals surface area contributed by atoms with Gasteiger partial charge in [-0.15, -0.1) is 10.2 Å². The predicted octanol–water partition coefficient (Wildman–Crippen LogP) is 0.183. The van der Waals surface area contributed by atoms with Crippen LogP contribution in [-0.2, 0) is 0 Å². The number of nitrogens with one attached hydrogen (secondary N) is 1. The maximum atomic E-state index is 12.3. The summed E-state index contributed by atoms with van der Waals surface area (Å²) in [6.45, 7) is 1.65. The molecule has 1 N–H and O–H groups in total. The highest BCUT2D eigenvalue weighted by atomic mass is 16.1. The molecule has 0 aromatic carbocycles. The molecule has 0 fully saturated rings. The van der Waals surface area contributed by atoms with Crippen LogP contribution in [0.3, 0.4) is 0 Å². The van der Waals surface area contributed by atoms with E-state index in [4.69, 9.17) is 2.74 Å². The van der Waals surface area contributed by atoms with Crippen molar-refractivity contribution in [1.82, 2.24) is 30.0 Å². The van der Waals surface area contributed by atoms with E-state index >= 15 is 0 Å². The molecule has 0 amide bonds. The van der Waals surface area contributed by atoms with Gasteiger partial charge in [-0.3, -0.25) is 9.20 Å². The number of aromatic amines is 1. The van der Waals surface area contributed by atoms with Gasteiger partial charge in [0.1, 0.15) is 11.2 Å². The summed E-state index contributed by atoms with van der Waals surface area (Å²) in [6.07, 6.45) is 2.61. The molecule has 7 heteroatoms. The molecule has 17 heavy (non-hydrogen) atoms. The second-order valence-corrected chi connectivity index (χ2v) is 3.43. The summed E-state index contributed by atoms with van der Waals surface area (Å²) in [5.41, 5.74) is 0.605. The van der Waals surface area contributed by atoms with E-state index in [1.54, 1.807) is 6.92 Å². The number of H-pyrrole nitrogens is 1. The van der Waals surface area contributed by atoms with Crippen molar-refractivity contribution in [3.05, 3.63) is 40.4 Å². The third-order valence-corrected chi connectivity index (χ3v) is 2.37. The third-order valence-electron chi connectivity index (χ3n) is 2.37. The first-order valence-corrected chi connectivity index (χ1v) is 4.81. The second-order valence-electron chi connectivity index (χ2n) is 3.43. The summed E-state index contributed by atoms with van der Waals surface area (Å²) >= 11 is 0. The van der Waals surface area contributed by atoms with E-state index in [2.05, 4.69) is 25.6 Å². The molecule has 7 nitrogen and oxygen atoms in total. The Balaban J connectivity index is 2.41. The van der Waals surface area contributed by atoms with Crippen LogP contribution in [0.1, 0.15) is 8.30 Å². The fourth-order valence-electron chi connectivity index (χ4n) is 1.56. The summed E-state index contributed by atoms with van der Waals surface area (Å²) in [5, 5.41) is 13.1. The van der Waals surface area contributed by atoms with Crippen molar-refractivity contribution in [2.45, 2.75) is 6.92 Å².